The van der Waals surface area contributed by atoms with Gasteiger partial charge in [0, 0.05) is 72.8 Å². The third-order valence-corrected chi connectivity index (χ3v) is 15.4. The highest BCUT2D eigenvalue weighted by Crippen LogP contribution is 2.35. The number of rotatable bonds is 30. The van der Waals surface area contributed by atoms with Gasteiger partial charge in [-0.2, -0.15) is 0 Å². The van der Waals surface area contributed by atoms with Crippen LogP contribution in [0.25, 0.3) is 32.7 Å². The number of benzene rings is 6. The average molecular weight is 1190 g/mol. The van der Waals surface area contributed by atoms with Crippen molar-refractivity contribution in [2.45, 2.75) is 101 Å². The van der Waals surface area contributed by atoms with Gasteiger partial charge in [-0.15, -0.1) is 0 Å². The number of amides is 6. The van der Waals surface area contributed by atoms with E-state index < -0.39 is 41.8 Å². The molecule has 458 valence electrons. The third kappa shape index (κ3) is 17.1. The maximum Gasteiger partial charge on any atom is 0.246 e. The summed E-state index contributed by atoms with van der Waals surface area (Å²) in [5.74, 6) is -2.38. The van der Waals surface area contributed by atoms with Crippen LogP contribution in [0.4, 0.5) is 17.1 Å². The predicted molar refractivity (Wildman–Crippen MR) is 342 cm³/mol. The minimum absolute atomic E-state index is 0.0163. The molecule has 6 amide bonds. The highest BCUT2D eigenvalue weighted by molar-refractivity contribution is 6.00. The van der Waals surface area contributed by atoms with Crippen molar-refractivity contribution >= 4 is 85.2 Å². The topological polar surface area (TPSA) is 361 Å². The summed E-state index contributed by atoms with van der Waals surface area (Å²) in [5, 5.41) is 49.8. The van der Waals surface area contributed by atoms with Gasteiger partial charge in [0.15, 0.2) is 0 Å². The van der Waals surface area contributed by atoms with Crippen molar-refractivity contribution in [1.29, 1.82) is 0 Å². The molecule has 3 heterocycles. The Morgan fingerprint density at radius 1 is 0.364 bits per heavy atom. The number of hydrogen-bond acceptors (Lipinski definition) is 12. The van der Waals surface area contributed by atoms with Crippen LogP contribution in [0.2, 0.25) is 0 Å². The zero-order valence-corrected chi connectivity index (χ0v) is 48.8. The fourth-order valence-electron chi connectivity index (χ4n) is 10.9. The minimum atomic E-state index is -0.863. The largest absolute Gasteiger partial charge is 0.508 e. The van der Waals surface area contributed by atoms with Crippen molar-refractivity contribution in [2.75, 3.05) is 35.6 Å². The summed E-state index contributed by atoms with van der Waals surface area (Å²) in [6.45, 7) is 1.28. The third-order valence-electron chi connectivity index (χ3n) is 15.4. The molecule has 0 aliphatic heterocycles. The normalized spacial score (nSPS) is 12.4. The Morgan fingerprint density at radius 3 is 0.898 bits per heavy atom. The summed E-state index contributed by atoms with van der Waals surface area (Å²) < 4.78 is 0. The standard InChI is InChI=1S/C67H76N12O9/c68-28-4-1-7-58(77-61(83)37-49-31-43-34-52(80)22-25-55(43)71-49)65(86)74-46-16-10-40(11-17-46)64(41-12-18-47(19-13-41)75-66(87)59(8-2-5-29-69)78-62(84)38-50-32-44-35-53(81)23-26-56(44)72-50)42-14-20-48(21-15-42)76-67(88)60(9-3-6-30-70)79-63(85)39-51-33-45-36-54(82)24-27-57(45)73-51/h10-27,31-36,58-60,64,71-73,80-82H,1-9,28-30,37-39,68-70H2,(H,74,86)(H,75,87)(H,76,88)(H,77,83)(H,78,84)(H,79,85)/t58-,59-,60-/m0/s1. The van der Waals surface area contributed by atoms with E-state index in [4.69, 9.17) is 17.2 Å². The van der Waals surface area contributed by atoms with Crippen LogP contribution in [0.5, 0.6) is 17.2 Å². The van der Waals surface area contributed by atoms with Crippen LogP contribution < -0.4 is 49.1 Å². The van der Waals surface area contributed by atoms with Crippen LogP contribution in [-0.4, -0.2) is 103 Å². The van der Waals surface area contributed by atoms with E-state index in [1.807, 2.05) is 36.4 Å². The Kier molecular flexibility index (Phi) is 21.3. The van der Waals surface area contributed by atoms with E-state index in [9.17, 15) is 44.1 Å². The monoisotopic (exact) mass is 1190 g/mol. The number of anilines is 3. The van der Waals surface area contributed by atoms with E-state index in [1.165, 1.54) is 0 Å². The second-order valence-corrected chi connectivity index (χ2v) is 22.2. The number of aromatic nitrogens is 3. The van der Waals surface area contributed by atoms with Crippen LogP contribution in [0.3, 0.4) is 0 Å². The summed E-state index contributed by atoms with van der Waals surface area (Å²) in [5.41, 5.74) is 25.5. The Hall–Kier alpha value is -9.96. The molecule has 0 saturated heterocycles. The molecule has 0 spiro atoms. The van der Waals surface area contributed by atoms with Crippen molar-refractivity contribution < 1.29 is 44.1 Å². The van der Waals surface area contributed by atoms with E-state index in [-0.39, 0.29) is 54.2 Å². The van der Waals surface area contributed by atoms with Crippen molar-refractivity contribution in [2.24, 2.45) is 17.2 Å². The quantitative estimate of drug-likeness (QED) is 0.0151. The van der Waals surface area contributed by atoms with Crippen molar-refractivity contribution in [1.82, 2.24) is 30.9 Å². The molecular formula is C67H76N12O9. The fraction of sp³-hybridized carbons (Fsp3) is 0.284. The zero-order chi connectivity index (χ0) is 62.1. The lowest BCUT2D eigenvalue weighted by molar-refractivity contribution is -0.126. The molecule has 9 rings (SSSR count). The number of hydrogen-bond donors (Lipinski definition) is 15. The van der Waals surface area contributed by atoms with Crippen LogP contribution in [-0.2, 0) is 48.0 Å². The molecule has 3 atom stereocenters. The molecule has 0 aliphatic carbocycles. The Balaban J connectivity index is 0.921. The maximum absolute atomic E-state index is 14.0. The SMILES string of the molecule is NCCCC[C@H](NC(=O)Cc1cc2cc(O)ccc2[nH]1)C(=O)Nc1ccc(C(c2ccc(NC(=O)[C@H](CCCCN)NC(=O)Cc3cc4cc(O)ccc4[nH]3)cc2)c2ccc(NC(=O)[C@H](CCCCN)NC(=O)Cc3cc4cc(O)ccc4[nH]3)cc2)cc1. The average Bonchev–Trinajstić information content (AvgIpc) is 2.51. The predicted octanol–water partition coefficient (Wildman–Crippen LogP) is 7.81. The smallest absolute Gasteiger partial charge is 0.246 e. The van der Waals surface area contributed by atoms with Crippen LogP contribution in [0.15, 0.2) is 146 Å². The number of phenols is 3. The molecule has 18 N–H and O–H groups in total. The minimum Gasteiger partial charge on any atom is -0.508 e. The number of H-pyrrole nitrogens is 3. The number of aromatic amines is 3. The van der Waals surface area contributed by atoms with Gasteiger partial charge in [-0.25, -0.2) is 0 Å². The first kappa shape index (κ1) is 62.6. The number of carbonyl (C=O) groups excluding carboxylic acids is 6. The Morgan fingerprint density at radius 2 is 0.636 bits per heavy atom. The summed E-state index contributed by atoms with van der Waals surface area (Å²) in [6.07, 6.45) is 4.80. The molecule has 9 aromatic rings. The number of unbranched alkanes of at least 4 members (excludes halogenated alkanes) is 3. The molecule has 88 heavy (non-hydrogen) atoms. The van der Waals surface area contributed by atoms with Gasteiger partial charge in [0.05, 0.1) is 19.3 Å². The molecule has 0 bridgehead atoms. The van der Waals surface area contributed by atoms with Gasteiger partial charge < -0.3 is 79.4 Å². The van der Waals surface area contributed by atoms with Gasteiger partial charge in [0.25, 0.3) is 0 Å². The molecule has 6 aromatic carbocycles. The van der Waals surface area contributed by atoms with Gasteiger partial charge >= 0.3 is 0 Å². The van der Waals surface area contributed by atoms with Gasteiger partial charge in [0.1, 0.15) is 35.4 Å². The van der Waals surface area contributed by atoms with E-state index >= 15 is 0 Å². The molecule has 21 nitrogen and oxygen atoms in total. The van der Waals surface area contributed by atoms with Crippen LogP contribution in [0.1, 0.15) is 97.5 Å². The molecule has 0 saturated carbocycles. The Labute approximate surface area is 508 Å². The summed E-state index contributed by atoms with van der Waals surface area (Å²) in [6, 6.07) is 39.5. The molecule has 0 unspecified atom stereocenters. The first-order valence-electron chi connectivity index (χ1n) is 29.7. The summed E-state index contributed by atoms with van der Waals surface area (Å²) >= 11 is 0. The number of carbonyl (C=O) groups is 6. The van der Waals surface area contributed by atoms with Crippen LogP contribution in [0, 0.1) is 0 Å². The van der Waals surface area contributed by atoms with Gasteiger partial charge in [-0.3, -0.25) is 28.8 Å². The van der Waals surface area contributed by atoms with Gasteiger partial charge in [-0.1, -0.05) is 36.4 Å². The lowest BCUT2D eigenvalue weighted by atomic mass is 9.85. The number of nitrogens with one attached hydrogen (secondary N) is 9. The second-order valence-electron chi connectivity index (χ2n) is 22.2. The van der Waals surface area contributed by atoms with Crippen molar-refractivity contribution in [3.05, 3.63) is 179 Å². The molecule has 0 aliphatic rings. The lowest BCUT2D eigenvalue weighted by Gasteiger charge is -2.22. The molecule has 0 fully saturated rings. The fourth-order valence-corrected chi connectivity index (χ4v) is 10.9. The number of nitrogens with two attached hydrogens (primary N) is 3. The van der Waals surface area contributed by atoms with Crippen LogP contribution >= 0.6 is 0 Å². The Bertz CT molecular complexity index is 3480. The van der Waals surface area contributed by atoms with Crippen molar-refractivity contribution in [3.8, 4) is 17.2 Å². The van der Waals surface area contributed by atoms with E-state index in [1.54, 1.807) is 109 Å². The highest BCUT2D eigenvalue weighted by atomic mass is 16.3. The summed E-state index contributed by atoms with van der Waals surface area (Å²) in [4.78, 5) is 91.8. The molecule has 3 aromatic heterocycles. The first-order chi connectivity index (χ1) is 42.6. The van der Waals surface area contributed by atoms with Gasteiger partial charge in [0.2, 0.25) is 35.4 Å². The van der Waals surface area contributed by atoms with E-state index in [2.05, 4.69) is 46.9 Å². The molecule has 0 radical (unpaired) electrons. The maximum atomic E-state index is 14.0. The highest BCUT2D eigenvalue weighted by Gasteiger charge is 2.26. The second kappa shape index (κ2) is 29.9. The van der Waals surface area contributed by atoms with E-state index in [0.717, 1.165) is 49.4 Å². The van der Waals surface area contributed by atoms with Crippen molar-refractivity contribution in [3.63, 3.8) is 0 Å². The zero-order valence-electron chi connectivity index (χ0n) is 48.8. The van der Waals surface area contributed by atoms with Gasteiger partial charge in [-0.05, 0) is 203 Å². The summed E-state index contributed by atoms with van der Waals surface area (Å²) in [7, 11) is 0. The van der Waals surface area contributed by atoms with E-state index in [0.29, 0.717) is 112 Å². The number of phenolic OH excluding ortho intramolecular Hbond substituents is 3. The first-order valence-corrected chi connectivity index (χ1v) is 29.7. The number of fused-ring (bicyclic) bond motifs is 3. The molecule has 21 heteroatoms. The molecular weight excluding hydrogens is 1120 g/mol. The lowest BCUT2D eigenvalue weighted by Crippen LogP contribution is -2.44. The number of aromatic hydroxyl groups is 3.